The van der Waals surface area contributed by atoms with E-state index in [9.17, 15) is 4.79 Å². The van der Waals surface area contributed by atoms with Crippen LogP contribution in [0.3, 0.4) is 0 Å². The van der Waals surface area contributed by atoms with Crippen molar-refractivity contribution in [2.75, 3.05) is 11.9 Å². The fourth-order valence-corrected chi connectivity index (χ4v) is 2.41. The molecule has 1 heterocycles. The van der Waals surface area contributed by atoms with Crippen LogP contribution in [0.2, 0.25) is 0 Å². The van der Waals surface area contributed by atoms with Gasteiger partial charge in [0.25, 0.3) is 5.56 Å². The minimum atomic E-state index is -0.259. The molecule has 0 aliphatic rings. The zero-order valence-corrected chi connectivity index (χ0v) is 13.6. The molecule has 1 atom stereocenters. The standard InChI is InChI=1S/C15H18BrN3O2/c1-10-3-5-12(6-4-10)11(2)18-13-9-17-19(7-8-20)15(21)14(13)16/h3-6,9,11,18,20H,7-8H2,1-2H3. The molecule has 112 valence electrons. The highest BCUT2D eigenvalue weighted by molar-refractivity contribution is 9.10. The molecule has 0 saturated heterocycles. The van der Waals surface area contributed by atoms with Gasteiger partial charge >= 0.3 is 0 Å². The van der Waals surface area contributed by atoms with Gasteiger partial charge in [0.2, 0.25) is 0 Å². The number of anilines is 1. The third kappa shape index (κ3) is 3.71. The lowest BCUT2D eigenvalue weighted by Crippen LogP contribution is -2.26. The van der Waals surface area contributed by atoms with Crippen LogP contribution in [0.1, 0.15) is 24.1 Å². The lowest BCUT2D eigenvalue weighted by molar-refractivity contribution is 0.266. The highest BCUT2D eigenvalue weighted by Crippen LogP contribution is 2.23. The molecule has 1 aromatic heterocycles. The Labute approximate surface area is 131 Å². The normalized spacial score (nSPS) is 12.2. The number of nitrogens with one attached hydrogen (secondary N) is 1. The number of aliphatic hydroxyl groups is 1. The Morgan fingerprint density at radius 3 is 2.67 bits per heavy atom. The van der Waals surface area contributed by atoms with Crippen molar-refractivity contribution >= 4 is 21.6 Å². The van der Waals surface area contributed by atoms with Gasteiger partial charge in [0.05, 0.1) is 25.0 Å². The number of hydrogen-bond donors (Lipinski definition) is 2. The maximum atomic E-state index is 12.0. The van der Waals surface area contributed by atoms with E-state index in [2.05, 4.69) is 50.6 Å². The fourth-order valence-electron chi connectivity index (χ4n) is 1.99. The van der Waals surface area contributed by atoms with Crippen LogP contribution in [0.5, 0.6) is 0 Å². The van der Waals surface area contributed by atoms with Gasteiger partial charge in [-0.1, -0.05) is 29.8 Å². The maximum absolute atomic E-state index is 12.0. The summed E-state index contributed by atoms with van der Waals surface area (Å²) in [7, 11) is 0. The van der Waals surface area contributed by atoms with Crippen molar-refractivity contribution < 1.29 is 5.11 Å². The van der Waals surface area contributed by atoms with E-state index in [1.165, 1.54) is 10.2 Å². The summed E-state index contributed by atoms with van der Waals surface area (Å²) >= 11 is 3.30. The van der Waals surface area contributed by atoms with E-state index in [0.717, 1.165) is 5.56 Å². The number of halogens is 1. The number of hydrogen-bond acceptors (Lipinski definition) is 4. The Kier molecular flexibility index (Phi) is 5.14. The van der Waals surface area contributed by atoms with Crippen molar-refractivity contribution in [3.63, 3.8) is 0 Å². The van der Waals surface area contributed by atoms with Crippen LogP contribution in [-0.4, -0.2) is 21.5 Å². The van der Waals surface area contributed by atoms with Crippen molar-refractivity contribution in [1.29, 1.82) is 0 Å². The van der Waals surface area contributed by atoms with Crippen LogP contribution in [-0.2, 0) is 6.54 Å². The quantitative estimate of drug-likeness (QED) is 0.868. The average molecular weight is 352 g/mol. The smallest absolute Gasteiger partial charge is 0.283 e. The van der Waals surface area contributed by atoms with Gasteiger partial charge in [0.15, 0.2) is 0 Å². The number of nitrogens with zero attached hydrogens (tertiary/aromatic N) is 2. The second-order valence-corrected chi connectivity index (χ2v) is 5.69. The Bertz CT molecular complexity index is 668. The molecule has 2 N–H and O–H groups in total. The van der Waals surface area contributed by atoms with E-state index in [1.807, 2.05) is 13.8 Å². The van der Waals surface area contributed by atoms with Crippen molar-refractivity contribution in [3.05, 3.63) is 56.4 Å². The molecular weight excluding hydrogens is 334 g/mol. The molecule has 0 aliphatic heterocycles. The lowest BCUT2D eigenvalue weighted by atomic mass is 10.1. The molecule has 21 heavy (non-hydrogen) atoms. The largest absolute Gasteiger partial charge is 0.394 e. The van der Waals surface area contributed by atoms with E-state index in [-0.39, 0.29) is 24.8 Å². The van der Waals surface area contributed by atoms with Crippen molar-refractivity contribution in [3.8, 4) is 0 Å². The van der Waals surface area contributed by atoms with Crippen LogP contribution >= 0.6 is 15.9 Å². The van der Waals surface area contributed by atoms with Gasteiger partial charge in [0.1, 0.15) is 4.47 Å². The second kappa shape index (κ2) is 6.87. The summed E-state index contributed by atoms with van der Waals surface area (Å²) in [6, 6.07) is 8.28. The average Bonchev–Trinajstić information content (AvgIpc) is 2.47. The molecule has 0 aliphatic carbocycles. The summed E-state index contributed by atoms with van der Waals surface area (Å²) < 4.78 is 1.65. The van der Waals surface area contributed by atoms with E-state index < -0.39 is 0 Å². The molecule has 0 amide bonds. The molecule has 5 nitrogen and oxygen atoms in total. The molecule has 0 fully saturated rings. The van der Waals surface area contributed by atoms with Gasteiger partial charge in [-0.3, -0.25) is 4.79 Å². The zero-order valence-electron chi connectivity index (χ0n) is 12.0. The molecule has 1 aromatic carbocycles. The first-order valence-corrected chi connectivity index (χ1v) is 7.52. The van der Waals surface area contributed by atoms with Gasteiger partial charge in [-0.25, -0.2) is 4.68 Å². The van der Waals surface area contributed by atoms with Crippen LogP contribution in [0.4, 0.5) is 5.69 Å². The highest BCUT2D eigenvalue weighted by Gasteiger charge is 2.12. The predicted molar refractivity (Wildman–Crippen MR) is 86.5 cm³/mol. The summed E-state index contributed by atoms with van der Waals surface area (Å²) in [4.78, 5) is 12.0. The Morgan fingerprint density at radius 2 is 2.05 bits per heavy atom. The van der Waals surface area contributed by atoms with E-state index in [1.54, 1.807) is 6.20 Å². The van der Waals surface area contributed by atoms with E-state index in [4.69, 9.17) is 5.11 Å². The first-order chi connectivity index (χ1) is 10.0. The van der Waals surface area contributed by atoms with Crippen molar-refractivity contribution in [1.82, 2.24) is 9.78 Å². The Morgan fingerprint density at radius 1 is 1.38 bits per heavy atom. The summed E-state index contributed by atoms with van der Waals surface area (Å²) in [5.74, 6) is 0. The first kappa shape index (κ1) is 15.7. The molecular formula is C15H18BrN3O2. The Hall–Kier alpha value is -1.66. The monoisotopic (exact) mass is 351 g/mol. The van der Waals surface area contributed by atoms with E-state index in [0.29, 0.717) is 10.2 Å². The number of aromatic nitrogens is 2. The third-order valence-corrected chi connectivity index (χ3v) is 4.01. The fraction of sp³-hybridized carbons (Fsp3) is 0.333. The van der Waals surface area contributed by atoms with Crippen LogP contribution in [0, 0.1) is 6.92 Å². The van der Waals surface area contributed by atoms with Gasteiger partial charge in [-0.2, -0.15) is 5.10 Å². The van der Waals surface area contributed by atoms with Gasteiger partial charge < -0.3 is 10.4 Å². The van der Waals surface area contributed by atoms with Gasteiger partial charge in [-0.05, 0) is 35.3 Å². The maximum Gasteiger partial charge on any atom is 0.283 e. The second-order valence-electron chi connectivity index (χ2n) is 4.90. The summed E-state index contributed by atoms with van der Waals surface area (Å²) in [5.41, 5.74) is 2.72. The molecule has 0 saturated carbocycles. The number of aryl methyl sites for hydroxylation is 1. The Balaban J connectivity index is 2.21. The van der Waals surface area contributed by atoms with E-state index >= 15 is 0 Å². The number of benzene rings is 1. The number of rotatable bonds is 5. The molecule has 0 spiro atoms. The molecule has 2 aromatic rings. The number of aliphatic hydroxyl groups excluding tert-OH is 1. The minimum absolute atomic E-state index is 0.0526. The van der Waals surface area contributed by atoms with Crippen molar-refractivity contribution in [2.24, 2.45) is 0 Å². The van der Waals surface area contributed by atoms with Crippen LogP contribution < -0.4 is 10.9 Å². The van der Waals surface area contributed by atoms with Crippen LogP contribution in [0.25, 0.3) is 0 Å². The molecule has 1 unspecified atom stereocenters. The predicted octanol–water partition coefficient (Wildman–Crippen LogP) is 2.48. The summed E-state index contributed by atoms with van der Waals surface area (Å²) in [5, 5.41) is 16.2. The zero-order chi connectivity index (χ0) is 15.4. The molecule has 0 bridgehead atoms. The lowest BCUT2D eigenvalue weighted by Gasteiger charge is -2.17. The molecule has 6 heteroatoms. The summed E-state index contributed by atoms with van der Waals surface area (Å²) in [6.07, 6.45) is 1.59. The summed E-state index contributed by atoms with van der Waals surface area (Å²) in [6.45, 7) is 4.14. The van der Waals surface area contributed by atoms with Gasteiger partial charge in [-0.15, -0.1) is 0 Å². The minimum Gasteiger partial charge on any atom is -0.394 e. The third-order valence-electron chi connectivity index (χ3n) is 3.25. The highest BCUT2D eigenvalue weighted by atomic mass is 79.9. The first-order valence-electron chi connectivity index (χ1n) is 6.72. The van der Waals surface area contributed by atoms with Crippen molar-refractivity contribution in [2.45, 2.75) is 26.4 Å². The SMILES string of the molecule is Cc1ccc(C(C)Nc2cnn(CCO)c(=O)c2Br)cc1. The molecule has 0 radical (unpaired) electrons. The van der Waals surface area contributed by atoms with Gasteiger partial charge in [0, 0.05) is 6.04 Å². The van der Waals surface area contributed by atoms with Crippen LogP contribution in [0.15, 0.2) is 39.7 Å². The molecule has 2 rings (SSSR count). The topological polar surface area (TPSA) is 67.2 Å².